The standard InChI is InChI=1S/C25H32ClN3O4/c1-33-15-14-28-17-21(24(31)27-11-10-19-8-7-9-20(26)16-19)23(30)22(18-28)25(32)29-12-5-3-2-4-6-13-29/h7-9,16-18H,2-6,10-15H2,1H3,(H,27,31). The van der Waals surface area contributed by atoms with E-state index in [0.29, 0.717) is 44.2 Å². The van der Waals surface area contributed by atoms with Crippen molar-refractivity contribution in [3.05, 3.63) is 68.6 Å². The van der Waals surface area contributed by atoms with Gasteiger partial charge in [-0.05, 0) is 37.0 Å². The maximum atomic E-state index is 13.3. The van der Waals surface area contributed by atoms with Gasteiger partial charge in [0.1, 0.15) is 11.1 Å². The molecule has 2 heterocycles. The normalized spacial score (nSPS) is 14.4. The number of nitrogens with zero attached hydrogens (tertiary/aromatic N) is 2. The lowest BCUT2D eigenvalue weighted by Gasteiger charge is -2.25. The lowest BCUT2D eigenvalue weighted by Crippen LogP contribution is -2.39. The zero-order valence-corrected chi connectivity index (χ0v) is 19.9. The monoisotopic (exact) mass is 473 g/mol. The van der Waals surface area contributed by atoms with Crippen LogP contribution in [0, 0.1) is 0 Å². The van der Waals surface area contributed by atoms with E-state index in [1.807, 2.05) is 18.2 Å². The smallest absolute Gasteiger partial charge is 0.259 e. The molecule has 0 radical (unpaired) electrons. The van der Waals surface area contributed by atoms with Crippen LogP contribution in [0.5, 0.6) is 0 Å². The van der Waals surface area contributed by atoms with Crippen LogP contribution >= 0.6 is 11.6 Å². The van der Waals surface area contributed by atoms with E-state index >= 15 is 0 Å². The first kappa shape index (κ1) is 25.0. The van der Waals surface area contributed by atoms with E-state index in [1.165, 1.54) is 12.6 Å². The maximum absolute atomic E-state index is 13.3. The summed E-state index contributed by atoms with van der Waals surface area (Å²) < 4.78 is 6.83. The van der Waals surface area contributed by atoms with Gasteiger partial charge in [-0.3, -0.25) is 14.4 Å². The fourth-order valence-corrected chi connectivity index (χ4v) is 4.21. The lowest BCUT2D eigenvalue weighted by molar-refractivity contribution is 0.0740. The van der Waals surface area contributed by atoms with E-state index in [9.17, 15) is 14.4 Å². The number of hydrogen-bond donors (Lipinski definition) is 1. The number of carbonyl (C=O) groups is 2. The number of pyridine rings is 1. The topological polar surface area (TPSA) is 80.6 Å². The second-order valence-corrected chi connectivity index (χ2v) is 8.78. The van der Waals surface area contributed by atoms with Crippen molar-refractivity contribution in [2.45, 2.75) is 45.1 Å². The van der Waals surface area contributed by atoms with E-state index in [-0.39, 0.29) is 17.0 Å². The van der Waals surface area contributed by atoms with Gasteiger partial charge in [0.15, 0.2) is 0 Å². The number of nitrogens with one attached hydrogen (secondary N) is 1. The molecule has 2 amide bonds. The Morgan fingerprint density at radius 3 is 2.45 bits per heavy atom. The molecule has 33 heavy (non-hydrogen) atoms. The Morgan fingerprint density at radius 2 is 1.76 bits per heavy atom. The summed E-state index contributed by atoms with van der Waals surface area (Å²) in [6.07, 6.45) is 8.81. The number of aromatic nitrogens is 1. The number of ether oxygens (including phenoxy) is 1. The van der Waals surface area contributed by atoms with Crippen molar-refractivity contribution in [2.24, 2.45) is 0 Å². The Kier molecular flexibility index (Phi) is 9.51. The van der Waals surface area contributed by atoms with Crippen molar-refractivity contribution in [3.63, 3.8) is 0 Å². The van der Waals surface area contributed by atoms with Crippen LogP contribution in [-0.4, -0.2) is 54.6 Å². The minimum Gasteiger partial charge on any atom is -0.383 e. The van der Waals surface area contributed by atoms with Gasteiger partial charge in [0.2, 0.25) is 5.43 Å². The molecule has 1 N–H and O–H groups in total. The van der Waals surface area contributed by atoms with E-state index in [4.69, 9.17) is 16.3 Å². The number of methoxy groups -OCH3 is 1. The van der Waals surface area contributed by atoms with E-state index in [0.717, 1.165) is 31.2 Å². The Bertz CT molecular complexity index is 1010. The third kappa shape index (κ3) is 7.17. The van der Waals surface area contributed by atoms with E-state index < -0.39 is 11.3 Å². The minimum absolute atomic E-state index is 0.0323. The van der Waals surface area contributed by atoms with Crippen molar-refractivity contribution >= 4 is 23.4 Å². The third-order valence-corrected chi connectivity index (χ3v) is 6.07. The van der Waals surface area contributed by atoms with Gasteiger partial charge in [-0.15, -0.1) is 0 Å². The summed E-state index contributed by atoms with van der Waals surface area (Å²) in [7, 11) is 1.58. The summed E-state index contributed by atoms with van der Waals surface area (Å²) in [5.41, 5.74) is 0.460. The van der Waals surface area contributed by atoms with Crippen molar-refractivity contribution < 1.29 is 14.3 Å². The number of likely N-dealkylation sites (tertiary alicyclic amines) is 1. The van der Waals surface area contributed by atoms with Crippen LogP contribution in [0.2, 0.25) is 5.02 Å². The van der Waals surface area contributed by atoms with Crippen LogP contribution in [0.25, 0.3) is 0 Å². The molecule has 0 bridgehead atoms. The summed E-state index contributed by atoms with van der Waals surface area (Å²) in [5.74, 6) is -0.794. The predicted octanol–water partition coefficient (Wildman–Crippen LogP) is 3.53. The summed E-state index contributed by atoms with van der Waals surface area (Å²) in [6.45, 7) is 2.44. The second kappa shape index (κ2) is 12.6. The van der Waals surface area contributed by atoms with Gasteiger partial charge in [-0.2, -0.15) is 0 Å². The first-order valence-electron chi connectivity index (χ1n) is 11.5. The van der Waals surface area contributed by atoms with Crippen LogP contribution in [0.4, 0.5) is 0 Å². The predicted molar refractivity (Wildman–Crippen MR) is 129 cm³/mol. The molecule has 1 saturated heterocycles. The number of carbonyl (C=O) groups excluding carboxylic acids is 2. The van der Waals surface area contributed by atoms with Crippen LogP contribution in [0.3, 0.4) is 0 Å². The number of halogens is 1. The first-order chi connectivity index (χ1) is 16.0. The second-order valence-electron chi connectivity index (χ2n) is 8.34. The van der Waals surface area contributed by atoms with Gasteiger partial charge < -0.3 is 19.5 Å². The van der Waals surface area contributed by atoms with Crippen molar-refractivity contribution in [2.75, 3.05) is 33.4 Å². The van der Waals surface area contributed by atoms with Crippen LogP contribution < -0.4 is 10.7 Å². The van der Waals surface area contributed by atoms with Crippen LogP contribution in [0.15, 0.2) is 41.5 Å². The average Bonchev–Trinajstić information content (AvgIpc) is 2.77. The van der Waals surface area contributed by atoms with Crippen LogP contribution in [-0.2, 0) is 17.7 Å². The van der Waals surface area contributed by atoms with E-state index in [1.54, 1.807) is 28.8 Å². The Balaban J connectivity index is 1.79. The molecule has 7 nitrogen and oxygen atoms in total. The highest BCUT2D eigenvalue weighted by Gasteiger charge is 2.23. The number of amides is 2. The molecule has 8 heteroatoms. The highest BCUT2D eigenvalue weighted by Crippen LogP contribution is 2.13. The van der Waals surface area contributed by atoms with Gasteiger partial charge in [-0.25, -0.2) is 0 Å². The molecule has 0 atom stereocenters. The molecule has 0 saturated carbocycles. The van der Waals surface area contributed by atoms with Crippen LogP contribution in [0.1, 0.15) is 58.4 Å². The lowest BCUT2D eigenvalue weighted by atomic mass is 10.1. The summed E-state index contributed by atoms with van der Waals surface area (Å²) >= 11 is 6.01. The van der Waals surface area contributed by atoms with Gasteiger partial charge in [0, 0.05) is 50.7 Å². The van der Waals surface area contributed by atoms with Gasteiger partial charge in [0.05, 0.1) is 6.61 Å². The zero-order valence-electron chi connectivity index (χ0n) is 19.1. The summed E-state index contributed by atoms with van der Waals surface area (Å²) in [5, 5.41) is 3.44. The van der Waals surface area contributed by atoms with Crippen molar-refractivity contribution in [1.29, 1.82) is 0 Å². The molecular weight excluding hydrogens is 442 g/mol. The molecule has 1 aliphatic rings. The highest BCUT2D eigenvalue weighted by molar-refractivity contribution is 6.30. The molecule has 3 rings (SSSR count). The Labute approximate surface area is 199 Å². The number of hydrogen-bond acceptors (Lipinski definition) is 4. The molecule has 178 valence electrons. The van der Waals surface area contributed by atoms with Crippen molar-refractivity contribution in [3.8, 4) is 0 Å². The number of benzene rings is 1. The molecule has 1 aromatic heterocycles. The molecule has 1 aromatic carbocycles. The highest BCUT2D eigenvalue weighted by atomic mass is 35.5. The quantitative estimate of drug-likeness (QED) is 0.636. The molecule has 2 aromatic rings. The molecule has 0 unspecified atom stereocenters. The summed E-state index contributed by atoms with van der Waals surface area (Å²) in [6, 6.07) is 7.42. The number of rotatable bonds is 8. The van der Waals surface area contributed by atoms with Crippen molar-refractivity contribution in [1.82, 2.24) is 14.8 Å². The third-order valence-electron chi connectivity index (χ3n) is 5.84. The van der Waals surface area contributed by atoms with E-state index in [2.05, 4.69) is 5.32 Å². The molecule has 1 fully saturated rings. The van der Waals surface area contributed by atoms with Gasteiger partial charge >= 0.3 is 0 Å². The molecule has 1 aliphatic heterocycles. The maximum Gasteiger partial charge on any atom is 0.259 e. The fourth-order valence-electron chi connectivity index (χ4n) is 4.00. The molecular formula is C25H32ClN3O4. The largest absolute Gasteiger partial charge is 0.383 e. The Morgan fingerprint density at radius 1 is 1.06 bits per heavy atom. The fraction of sp³-hybridized carbons (Fsp3) is 0.480. The SMILES string of the molecule is COCCn1cc(C(=O)NCCc2cccc(Cl)c2)c(=O)c(C(=O)N2CCCCCCC2)c1. The Hall–Kier alpha value is -2.64. The average molecular weight is 474 g/mol. The molecule has 0 spiro atoms. The zero-order chi connectivity index (χ0) is 23.6. The first-order valence-corrected chi connectivity index (χ1v) is 11.9. The van der Waals surface area contributed by atoms with Gasteiger partial charge in [-0.1, -0.05) is 43.0 Å². The molecule has 0 aliphatic carbocycles. The minimum atomic E-state index is -0.531. The summed E-state index contributed by atoms with van der Waals surface area (Å²) in [4.78, 5) is 41.1. The van der Waals surface area contributed by atoms with Gasteiger partial charge in [0.25, 0.3) is 11.8 Å².